The largest absolute Gasteiger partial charge is 0.370 e. The third-order valence-electron chi connectivity index (χ3n) is 3.12. The smallest absolute Gasteiger partial charge is 0.137 e. The molecule has 1 N–H and O–H groups in total. The van der Waals surface area contributed by atoms with Gasteiger partial charge in [0, 0.05) is 36.2 Å². The van der Waals surface area contributed by atoms with Crippen molar-refractivity contribution >= 4 is 23.4 Å². The Bertz CT molecular complexity index is 422. The van der Waals surface area contributed by atoms with Crippen molar-refractivity contribution in [3.63, 3.8) is 0 Å². The third kappa shape index (κ3) is 2.88. The Morgan fingerprint density at radius 3 is 2.83 bits per heavy atom. The molecule has 0 amide bonds. The lowest BCUT2D eigenvalue weighted by Gasteiger charge is -2.32. The van der Waals surface area contributed by atoms with Crippen LogP contribution in [0, 0.1) is 13.8 Å². The van der Waals surface area contributed by atoms with Gasteiger partial charge in [-0.1, -0.05) is 6.92 Å². The van der Waals surface area contributed by atoms with E-state index in [0.717, 1.165) is 37.1 Å². The summed E-state index contributed by atoms with van der Waals surface area (Å²) in [5.74, 6) is 4.11. The summed E-state index contributed by atoms with van der Waals surface area (Å²) in [6, 6.07) is 0. The number of aryl methyl sites for hydroxylation is 1. The van der Waals surface area contributed by atoms with Crippen molar-refractivity contribution in [1.29, 1.82) is 0 Å². The number of rotatable bonds is 3. The molecule has 0 aromatic carbocycles. The van der Waals surface area contributed by atoms with Gasteiger partial charge in [-0.3, -0.25) is 0 Å². The van der Waals surface area contributed by atoms with Crippen LogP contribution >= 0.6 is 11.8 Å². The van der Waals surface area contributed by atoms with Crippen molar-refractivity contribution in [3.05, 3.63) is 11.4 Å². The summed E-state index contributed by atoms with van der Waals surface area (Å²) in [6.45, 7) is 11.5. The van der Waals surface area contributed by atoms with Gasteiger partial charge < -0.3 is 10.2 Å². The highest BCUT2D eigenvalue weighted by Gasteiger charge is 2.21. The predicted octanol–water partition coefficient (Wildman–Crippen LogP) is 2.47. The molecule has 1 aromatic rings. The molecule has 2 rings (SSSR count). The molecule has 1 unspecified atom stereocenters. The van der Waals surface area contributed by atoms with Crippen LogP contribution in [0.15, 0.2) is 0 Å². The molecule has 5 heteroatoms. The summed E-state index contributed by atoms with van der Waals surface area (Å²) >= 11 is 2.04. The molecule has 1 atom stereocenters. The Balaban J connectivity index is 2.31. The number of aromatic nitrogens is 2. The maximum atomic E-state index is 4.64. The van der Waals surface area contributed by atoms with Crippen LogP contribution in [0.1, 0.15) is 25.2 Å². The number of hydrogen-bond acceptors (Lipinski definition) is 5. The Hall–Kier alpha value is -0.970. The molecular weight excluding hydrogens is 244 g/mol. The summed E-state index contributed by atoms with van der Waals surface area (Å²) in [5.41, 5.74) is 1.17. The first-order valence-electron chi connectivity index (χ1n) is 6.57. The van der Waals surface area contributed by atoms with Gasteiger partial charge in [0.1, 0.15) is 17.5 Å². The number of nitrogens with zero attached hydrogens (tertiary/aromatic N) is 3. The monoisotopic (exact) mass is 266 g/mol. The molecule has 1 aliphatic heterocycles. The molecule has 0 bridgehead atoms. The minimum absolute atomic E-state index is 0.677. The fourth-order valence-electron chi connectivity index (χ4n) is 2.27. The van der Waals surface area contributed by atoms with E-state index in [0.29, 0.717) is 5.25 Å². The minimum atomic E-state index is 0.677. The third-order valence-corrected chi connectivity index (χ3v) is 4.25. The molecule has 2 heterocycles. The maximum absolute atomic E-state index is 4.64. The van der Waals surface area contributed by atoms with Crippen LogP contribution in [-0.2, 0) is 0 Å². The second-order valence-electron chi connectivity index (χ2n) is 4.73. The molecule has 1 saturated heterocycles. The van der Waals surface area contributed by atoms with Crippen molar-refractivity contribution in [1.82, 2.24) is 9.97 Å². The summed E-state index contributed by atoms with van der Waals surface area (Å²) in [4.78, 5) is 11.5. The highest BCUT2D eigenvalue weighted by molar-refractivity contribution is 8.00. The van der Waals surface area contributed by atoms with Crippen LogP contribution in [0.2, 0.25) is 0 Å². The van der Waals surface area contributed by atoms with Crippen molar-refractivity contribution in [2.75, 3.05) is 35.6 Å². The van der Waals surface area contributed by atoms with Crippen LogP contribution in [0.25, 0.3) is 0 Å². The quantitative estimate of drug-likeness (QED) is 0.910. The lowest BCUT2D eigenvalue weighted by Crippen LogP contribution is -2.38. The van der Waals surface area contributed by atoms with Crippen molar-refractivity contribution < 1.29 is 0 Å². The van der Waals surface area contributed by atoms with E-state index in [4.69, 9.17) is 0 Å². The van der Waals surface area contributed by atoms with E-state index in [9.17, 15) is 0 Å². The summed E-state index contributed by atoms with van der Waals surface area (Å²) in [7, 11) is 0. The van der Waals surface area contributed by atoms with E-state index in [1.54, 1.807) is 0 Å². The van der Waals surface area contributed by atoms with E-state index >= 15 is 0 Å². The first kappa shape index (κ1) is 13.5. The Labute approximate surface area is 114 Å². The van der Waals surface area contributed by atoms with Crippen molar-refractivity contribution in [2.45, 2.75) is 32.9 Å². The zero-order chi connectivity index (χ0) is 13.1. The molecule has 1 aromatic heterocycles. The minimum Gasteiger partial charge on any atom is -0.370 e. The average Bonchev–Trinajstić information content (AvgIpc) is 2.33. The van der Waals surface area contributed by atoms with Crippen LogP contribution in [-0.4, -0.2) is 40.6 Å². The number of anilines is 2. The van der Waals surface area contributed by atoms with Gasteiger partial charge in [-0.05, 0) is 20.8 Å². The van der Waals surface area contributed by atoms with Crippen LogP contribution in [0.4, 0.5) is 11.6 Å². The molecule has 1 fully saturated rings. The van der Waals surface area contributed by atoms with Gasteiger partial charge in [-0.2, -0.15) is 11.8 Å². The van der Waals surface area contributed by atoms with Crippen molar-refractivity contribution in [2.24, 2.45) is 0 Å². The molecule has 4 nitrogen and oxygen atoms in total. The molecule has 0 spiro atoms. The zero-order valence-corrected chi connectivity index (χ0v) is 12.5. The van der Waals surface area contributed by atoms with E-state index in [1.807, 2.05) is 18.7 Å². The second-order valence-corrected chi connectivity index (χ2v) is 6.27. The number of hydrogen-bond donors (Lipinski definition) is 1. The molecule has 100 valence electrons. The van der Waals surface area contributed by atoms with E-state index in [2.05, 4.69) is 41.0 Å². The van der Waals surface area contributed by atoms with E-state index in [1.165, 1.54) is 11.3 Å². The second kappa shape index (κ2) is 5.78. The lowest BCUT2D eigenvalue weighted by molar-refractivity contribution is 0.760. The Morgan fingerprint density at radius 2 is 2.17 bits per heavy atom. The maximum Gasteiger partial charge on any atom is 0.137 e. The summed E-state index contributed by atoms with van der Waals surface area (Å²) in [6.07, 6.45) is 0. The van der Waals surface area contributed by atoms with Gasteiger partial charge in [-0.25, -0.2) is 9.97 Å². The number of nitrogens with one attached hydrogen (secondary N) is 1. The fourth-order valence-corrected chi connectivity index (χ4v) is 3.29. The van der Waals surface area contributed by atoms with Gasteiger partial charge in [0.05, 0.1) is 0 Å². The molecule has 18 heavy (non-hydrogen) atoms. The standard InChI is InChI=1S/C13H22N4S/c1-5-14-12-10(3)13(16-11(4)15-12)17-6-7-18-9(2)8-17/h9H,5-8H2,1-4H3,(H,14,15,16). The normalized spacial score (nSPS) is 20.0. The van der Waals surface area contributed by atoms with Gasteiger partial charge in [0.25, 0.3) is 0 Å². The van der Waals surface area contributed by atoms with Crippen LogP contribution < -0.4 is 10.2 Å². The molecular formula is C13H22N4S. The van der Waals surface area contributed by atoms with Crippen molar-refractivity contribution in [3.8, 4) is 0 Å². The number of thioether (sulfide) groups is 1. The van der Waals surface area contributed by atoms with Gasteiger partial charge >= 0.3 is 0 Å². The first-order valence-corrected chi connectivity index (χ1v) is 7.62. The van der Waals surface area contributed by atoms with Gasteiger partial charge in [0.15, 0.2) is 0 Å². The Kier molecular flexibility index (Phi) is 4.32. The van der Waals surface area contributed by atoms with Crippen LogP contribution in [0.5, 0.6) is 0 Å². The topological polar surface area (TPSA) is 41.1 Å². The molecule has 1 aliphatic rings. The van der Waals surface area contributed by atoms with E-state index < -0.39 is 0 Å². The van der Waals surface area contributed by atoms with Gasteiger partial charge in [-0.15, -0.1) is 0 Å². The SMILES string of the molecule is CCNc1nc(C)nc(N2CCSC(C)C2)c1C. The lowest BCUT2D eigenvalue weighted by atomic mass is 10.2. The predicted molar refractivity (Wildman–Crippen MR) is 79.8 cm³/mol. The average molecular weight is 266 g/mol. The highest BCUT2D eigenvalue weighted by Crippen LogP contribution is 2.27. The van der Waals surface area contributed by atoms with Gasteiger partial charge in [0.2, 0.25) is 0 Å². The summed E-state index contributed by atoms with van der Waals surface area (Å²) < 4.78 is 0. The zero-order valence-electron chi connectivity index (χ0n) is 11.7. The first-order chi connectivity index (χ1) is 8.61. The molecule has 0 saturated carbocycles. The Morgan fingerprint density at radius 1 is 1.39 bits per heavy atom. The van der Waals surface area contributed by atoms with Crippen LogP contribution in [0.3, 0.4) is 0 Å². The molecule has 0 aliphatic carbocycles. The van der Waals surface area contributed by atoms with E-state index in [-0.39, 0.29) is 0 Å². The molecule has 0 radical (unpaired) electrons. The highest BCUT2D eigenvalue weighted by atomic mass is 32.2. The summed E-state index contributed by atoms with van der Waals surface area (Å²) in [5, 5.41) is 4.00. The fraction of sp³-hybridized carbons (Fsp3) is 0.692.